The second-order valence-electron chi connectivity index (χ2n) is 8.87. The SMILES string of the molecule is CC(NC(=O)CSc1nc2ccccc2c(=O)n1Cc1ccco1)C1CC2CCC1C2. The van der Waals surface area contributed by atoms with Gasteiger partial charge in [0.15, 0.2) is 5.16 Å². The molecule has 6 nitrogen and oxygen atoms in total. The number of rotatable bonds is 7. The number of benzene rings is 1. The summed E-state index contributed by atoms with van der Waals surface area (Å²) in [4.78, 5) is 30.5. The molecule has 3 aromatic rings. The number of fused-ring (bicyclic) bond motifs is 3. The number of carbonyl (C=O) groups excluding carboxylic acids is 1. The van der Waals surface area contributed by atoms with Crippen LogP contribution < -0.4 is 10.9 Å². The fourth-order valence-corrected chi connectivity index (χ4v) is 6.20. The van der Waals surface area contributed by atoms with Crippen molar-refractivity contribution >= 4 is 28.6 Å². The van der Waals surface area contributed by atoms with Crippen LogP contribution >= 0.6 is 11.8 Å². The van der Waals surface area contributed by atoms with E-state index in [0.29, 0.717) is 27.7 Å². The molecule has 0 aliphatic heterocycles. The van der Waals surface area contributed by atoms with Crippen LogP contribution in [-0.2, 0) is 11.3 Å². The zero-order valence-corrected chi connectivity index (χ0v) is 18.4. The predicted molar refractivity (Wildman–Crippen MR) is 121 cm³/mol. The van der Waals surface area contributed by atoms with E-state index in [-0.39, 0.29) is 29.8 Å². The maximum Gasteiger partial charge on any atom is 0.262 e. The van der Waals surface area contributed by atoms with Gasteiger partial charge in [-0.15, -0.1) is 0 Å². The minimum Gasteiger partial charge on any atom is -0.467 e. The monoisotopic (exact) mass is 437 g/mol. The van der Waals surface area contributed by atoms with Crippen molar-refractivity contribution in [3.05, 3.63) is 58.8 Å². The largest absolute Gasteiger partial charge is 0.467 e. The van der Waals surface area contributed by atoms with Crippen LogP contribution in [0.15, 0.2) is 57.0 Å². The third-order valence-corrected chi connectivity index (χ3v) is 7.85. The molecule has 1 N–H and O–H groups in total. The Morgan fingerprint density at radius 2 is 2.13 bits per heavy atom. The molecule has 2 fully saturated rings. The lowest BCUT2D eigenvalue weighted by Gasteiger charge is -2.28. The zero-order valence-electron chi connectivity index (χ0n) is 17.6. The average Bonchev–Trinajstić information content (AvgIpc) is 3.53. The fraction of sp³-hybridized carbons (Fsp3) is 0.458. The average molecular weight is 438 g/mol. The third kappa shape index (κ3) is 4.15. The van der Waals surface area contributed by atoms with E-state index < -0.39 is 0 Å². The third-order valence-electron chi connectivity index (χ3n) is 6.88. The van der Waals surface area contributed by atoms with Crippen LogP contribution in [0.4, 0.5) is 0 Å². The highest BCUT2D eigenvalue weighted by Crippen LogP contribution is 2.49. The van der Waals surface area contributed by atoms with Crippen LogP contribution in [0, 0.1) is 17.8 Å². The summed E-state index contributed by atoms with van der Waals surface area (Å²) < 4.78 is 7.04. The number of thioether (sulfide) groups is 1. The van der Waals surface area contributed by atoms with Crippen LogP contribution in [0.2, 0.25) is 0 Å². The van der Waals surface area contributed by atoms with Crippen molar-refractivity contribution in [2.24, 2.45) is 17.8 Å². The molecule has 31 heavy (non-hydrogen) atoms. The van der Waals surface area contributed by atoms with Gasteiger partial charge in [0.1, 0.15) is 5.76 Å². The Morgan fingerprint density at radius 3 is 2.87 bits per heavy atom. The smallest absolute Gasteiger partial charge is 0.262 e. The minimum absolute atomic E-state index is 0.00719. The van der Waals surface area contributed by atoms with Crippen molar-refractivity contribution in [3.8, 4) is 0 Å². The molecule has 4 unspecified atom stereocenters. The van der Waals surface area contributed by atoms with Crippen molar-refractivity contribution in [3.63, 3.8) is 0 Å². The number of nitrogens with one attached hydrogen (secondary N) is 1. The molecule has 4 atom stereocenters. The molecular weight excluding hydrogens is 410 g/mol. The maximum absolute atomic E-state index is 13.1. The molecule has 0 spiro atoms. The maximum atomic E-state index is 13.1. The molecule has 0 radical (unpaired) electrons. The van der Waals surface area contributed by atoms with E-state index in [1.54, 1.807) is 23.0 Å². The molecule has 5 rings (SSSR count). The van der Waals surface area contributed by atoms with Gasteiger partial charge in [-0.25, -0.2) is 4.98 Å². The Hall–Kier alpha value is -2.54. The van der Waals surface area contributed by atoms with Gasteiger partial charge in [0.05, 0.1) is 29.5 Å². The number of hydrogen-bond acceptors (Lipinski definition) is 5. The molecule has 1 aromatic carbocycles. The topological polar surface area (TPSA) is 77.1 Å². The molecule has 1 amide bonds. The summed E-state index contributed by atoms with van der Waals surface area (Å²) in [6.07, 6.45) is 6.84. The Bertz CT molecular complexity index is 1140. The summed E-state index contributed by atoms with van der Waals surface area (Å²) in [5, 5.41) is 4.29. The van der Waals surface area contributed by atoms with E-state index in [1.807, 2.05) is 24.3 Å². The molecule has 2 heterocycles. The summed E-state index contributed by atoms with van der Waals surface area (Å²) in [6, 6.07) is 11.1. The highest BCUT2D eigenvalue weighted by Gasteiger charge is 2.42. The van der Waals surface area contributed by atoms with E-state index in [4.69, 9.17) is 4.42 Å². The van der Waals surface area contributed by atoms with Gasteiger partial charge in [-0.3, -0.25) is 14.2 Å². The number of nitrogens with zero attached hydrogens (tertiary/aromatic N) is 2. The summed E-state index contributed by atoms with van der Waals surface area (Å²) in [5.74, 6) is 3.13. The van der Waals surface area contributed by atoms with Crippen LogP contribution in [0.3, 0.4) is 0 Å². The lowest BCUT2D eigenvalue weighted by molar-refractivity contribution is -0.119. The molecule has 2 bridgehead atoms. The van der Waals surface area contributed by atoms with Gasteiger partial charge < -0.3 is 9.73 Å². The van der Waals surface area contributed by atoms with Crippen LogP contribution in [-0.4, -0.2) is 27.3 Å². The lowest BCUT2D eigenvalue weighted by Crippen LogP contribution is -2.41. The van der Waals surface area contributed by atoms with E-state index in [0.717, 1.165) is 11.8 Å². The molecule has 2 aliphatic carbocycles. The molecule has 2 aromatic heterocycles. The van der Waals surface area contributed by atoms with E-state index in [1.165, 1.54) is 37.4 Å². The second-order valence-corrected chi connectivity index (χ2v) is 9.81. The van der Waals surface area contributed by atoms with Gasteiger partial charge in [0.25, 0.3) is 5.56 Å². The highest BCUT2D eigenvalue weighted by atomic mass is 32.2. The number of furan rings is 1. The van der Waals surface area contributed by atoms with Crippen molar-refractivity contribution in [1.82, 2.24) is 14.9 Å². The van der Waals surface area contributed by atoms with Crippen molar-refractivity contribution in [2.75, 3.05) is 5.75 Å². The molecule has 162 valence electrons. The Morgan fingerprint density at radius 1 is 1.26 bits per heavy atom. The Balaban J connectivity index is 1.32. The van der Waals surface area contributed by atoms with Gasteiger partial charge in [-0.05, 0) is 68.2 Å². The number of para-hydroxylation sites is 1. The standard InChI is InChI=1S/C24H27N3O3S/c1-15(20-12-16-8-9-17(20)11-16)25-22(28)14-31-24-26-21-7-3-2-6-19(21)23(29)27(24)13-18-5-4-10-30-18/h2-7,10,15-17,20H,8-9,11-14H2,1H3,(H,25,28). The Kier molecular flexibility index (Phi) is 5.61. The van der Waals surface area contributed by atoms with Gasteiger partial charge in [0, 0.05) is 6.04 Å². The molecular formula is C24H27N3O3S. The minimum atomic E-state index is -0.125. The number of hydrogen-bond donors (Lipinski definition) is 1. The first-order chi connectivity index (χ1) is 15.1. The normalized spacial score (nSPS) is 23.3. The lowest BCUT2D eigenvalue weighted by atomic mass is 9.84. The zero-order chi connectivity index (χ0) is 21.4. The van der Waals surface area contributed by atoms with E-state index in [2.05, 4.69) is 17.2 Å². The summed E-state index contributed by atoms with van der Waals surface area (Å²) >= 11 is 1.30. The van der Waals surface area contributed by atoms with Crippen LogP contribution in [0.5, 0.6) is 0 Å². The fourth-order valence-electron chi connectivity index (χ4n) is 5.39. The predicted octanol–water partition coefficient (Wildman–Crippen LogP) is 4.07. The first kappa shape index (κ1) is 20.4. The van der Waals surface area contributed by atoms with Crippen molar-refractivity contribution in [2.45, 2.75) is 50.4 Å². The molecule has 2 saturated carbocycles. The quantitative estimate of drug-likeness (QED) is 0.445. The Labute approximate surface area is 185 Å². The first-order valence-corrected chi connectivity index (χ1v) is 12.0. The van der Waals surface area contributed by atoms with E-state index in [9.17, 15) is 9.59 Å². The van der Waals surface area contributed by atoms with E-state index >= 15 is 0 Å². The van der Waals surface area contributed by atoms with Gasteiger partial charge in [0.2, 0.25) is 5.91 Å². The van der Waals surface area contributed by atoms with Crippen molar-refractivity contribution in [1.29, 1.82) is 0 Å². The first-order valence-electron chi connectivity index (χ1n) is 11.0. The van der Waals surface area contributed by atoms with Crippen LogP contribution in [0.1, 0.15) is 38.4 Å². The van der Waals surface area contributed by atoms with Gasteiger partial charge in [-0.2, -0.15) is 0 Å². The summed E-state index contributed by atoms with van der Waals surface area (Å²) in [7, 11) is 0. The van der Waals surface area contributed by atoms with Crippen LogP contribution in [0.25, 0.3) is 10.9 Å². The molecule has 0 saturated heterocycles. The summed E-state index contributed by atoms with van der Waals surface area (Å²) in [5.41, 5.74) is 0.515. The second kappa shape index (κ2) is 8.54. The van der Waals surface area contributed by atoms with Gasteiger partial charge in [-0.1, -0.05) is 30.3 Å². The number of aromatic nitrogens is 2. The summed E-state index contributed by atoms with van der Waals surface area (Å²) in [6.45, 7) is 2.42. The van der Waals surface area contributed by atoms with Crippen molar-refractivity contribution < 1.29 is 9.21 Å². The number of carbonyl (C=O) groups is 1. The van der Waals surface area contributed by atoms with Gasteiger partial charge >= 0.3 is 0 Å². The number of amides is 1. The molecule has 2 aliphatic rings. The highest BCUT2D eigenvalue weighted by molar-refractivity contribution is 7.99. The molecule has 7 heteroatoms.